The van der Waals surface area contributed by atoms with Crippen LogP contribution in [0.2, 0.25) is 0 Å². The molecule has 0 saturated heterocycles. The molecule has 0 atom stereocenters. The van der Waals surface area contributed by atoms with Crippen LogP contribution in [0.15, 0.2) is 29.4 Å². The summed E-state index contributed by atoms with van der Waals surface area (Å²) in [6, 6.07) is 5.09. The van der Waals surface area contributed by atoms with Crippen molar-refractivity contribution in [1.29, 1.82) is 0 Å². The molecule has 1 rings (SSSR count). The maximum Gasteiger partial charge on any atom is 0.316 e. The monoisotopic (exact) mass is 241 g/mol. The number of carbonyl (C=O) groups excluding carboxylic acids is 1. The molecule has 0 aliphatic rings. The van der Waals surface area contributed by atoms with Crippen LogP contribution in [0.1, 0.15) is 19.8 Å². The summed E-state index contributed by atoms with van der Waals surface area (Å²) in [6.07, 6.45) is 3.29. The summed E-state index contributed by atoms with van der Waals surface area (Å²) in [5, 5.41) is 11.7. The number of carbonyl (C=O) groups is 1. The molecule has 0 aliphatic heterocycles. The molecule has 1 aromatic rings. The van der Waals surface area contributed by atoms with E-state index >= 15 is 0 Å². The van der Waals surface area contributed by atoms with Crippen LogP contribution < -0.4 is 4.73 Å². The predicted molar refractivity (Wildman–Crippen MR) is 62.0 cm³/mol. The van der Waals surface area contributed by atoms with Gasteiger partial charge in [-0.3, -0.25) is 4.79 Å². The van der Waals surface area contributed by atoms with Crippen molar-refractivity contribution in [1.82, 2.24) is 0 Å². The first kappa shape index (κ1) is 12.8. The highest BCUT2D eigenvalue weighted by molar-refractivity contribution is 7.99. The summed E-state index contributed by atoms with van der Waals surface area (Å²) in [6.45, 7) is 2.50. The standard InChI is InChI=1S/C11H15NO3S/c1-2-3-8-15-11(13)9-16-10-6-4-5-7-12(10)14/h4-7H,2-3,8-9H2,1H3. The highest BCUT2D eigenvalue weighted by atomic mass is 32.2. The summed E-state index contributed by atoms with van der Waals surface area (Å²) in [4.78, 5) is 11.2. The minimum atomic E-state index is -0.276. The van der Waals surface area contributed by atoms with Gasteiger partial charge in [0.15, 0.2) is 6.20 Å². The van der Waals surface area contributed by atoms with Crippen LogP contribution in [0, 0.1) is 5.21 Å². The molecule has 0 radical (unpaired) electrons. The van der Waals surface area contributed by atoms with Crippen LogP contribution in [0.4, 0.5) is 0 Å². The van der Waals surface area contributed by atoms with E-state index in [4.69, 9.17) is 4.74 Å². The zero-order valence-electron chi connectivity index (χ0n) is 9.22. The lowest BCUT2D eigenvalue weighted by atomic mass is 10.4. The number of unbranched alkanes of at least 4 members (excludes halogenated alkanes) is 1. The number of ether oxygens (including phenoxy) is 1. The largest absolute Gasteiger partial charge is 0.618 e. The third-order valence-electron chi connectivity index (χ3n) is 1.89. The van der Waals surface area contributed by atoms with Crippen molar-refractivity contribution in [3.05, 3.63) is 29.6 Å². The van der Waals surface area contributed by atoms with Crippen LogP contribution in [0.5, 0.6) is 0 Å². The molecule has 0 fully saturated rings. The topological polar surface area (TPSA) is 53.2 Å². The van der Waals surface area contributed by atoms with Gasteiger partial charge in [-0.15, -0.1) is 0 Å². The van der Waals surface area contributed by atoms with Gasteiger partial charge in [0.1, 0.15) is 5.75 Å². The second-order valence-corrected chi connectivity index (χ2v) is 4.22. The van der Waals surface area contributed by atoms with Crippen molar-refractivity contribution in [2.24, 2.45) is 0 Å². The van der Waals surface area contributed by atoms with Crippen molar-refractivity contribution in [3.63, 3.8) is 0 Å². The Morgan fingerprint density at radius 1 is 1.56 bits per heavy atom. The van der Waals surface area contributed by atoms with Crippen LogP contribution in [-0.2, 0) is 9.53 Å². The molecule has 0 amide bonds. The highest BCUT2D eigenvalue weighted by Gasteiger charge is 2.09. The van der Waals surface area contributed by atoms with Gasteiger partial charge in [-0.05, 0) is 24.2 Å². The Labute approximate surface area is 99.2 Å². The maximum atomic E-state index is 11.2. The minimum absolute atomic E-state index is 0.177. The van der Waals surface area contributed by atoms with Gasteiger partial charge in [0, 0.05) is 12.1 Å². The summed E-state index contributed by atoms with van der Waals surface area (Å²) in [5.74, 6) is -0.0991. The van der Waals surface area contributed by atoms with E-state index in [1.54, 1.807) is 18.2 Å². The lowest BCUT2D eigenvalue weighted by Gasteiger charge is -2.04. The normalized spacial score (nSPS) is 10.1. The van der Waals surface area contributed by atoms with E-state index < -0.39 is 0 Å². The molecule has 5 heteroatoms. The molecule has 4 nitrogen and oxygen atoms in total. The van der Waals surface area contributed by atoms with E-state index in [-0.39, 0.29) is 11.7 Å². The summed E-state index contributed by atoms with van der Waals surface area (Å²) in [5.41, 5.74) is 0. The van der Waals surface area contributed by atoms with Crippen molar-refractivity contribution >= 4 is 17.7 Å². The molecule has 16 heavy (non-hydrogen) atoms. The van der Waals surface area contributed by atoms with Gasteiger partial charge in [-0.2, -0.15) is 4.73 Å². The highest BCUT2D eigenvalue weighted by Crippen LogP contribution is 2.12. The number of thioether (sulfide) groups is 1. The summed E-state index contributed by atoms with van der Waals surface area (Å²) >= 11 is 1.19. The number of pyridine rings is 1. The fourth-order valence-corrected chi connectivity index (χ4v) is 1.74. The molecular weight excluding hydrogens is 226 g/mol. The predicted octanol–water partition coefficient (Wildman–Crippen LogP) is 1.76. The second kappa shape index (κ2) is 7.11. The molecule has 88 valence electrons. The fraction of sp³-hybridized carbons (Fsp3) is 0.455. The zero-order chi connectivity index (χ0) is 11.8. The molecule has 1 aromatic heterocycles. The summed E-state index contributed by atoms with van der Waals surface area (Å²) in [7, 11) is 0. The van der Waals surface area contributed by atoms with Crippen LogP contribution in [0.25, 0.3) is 0 Å². The molecule has 0 saturated carbocycles. The summed E-state index contributed by atoms with van der Waals surface area (Å²) < 4.78 is 5.71. The first-order valence-corrected chi connectivity index (χ1v) is 6.19. The third kappa shape index (κ3) is 4.53. The number of hydrogen-bond acceptors (Lipinski definition) is 4. The van der Waals surface area contributed by atoms with Gasteiger partial charge in [0.2, 0.25) is 0 Å². The third-order valence-corrected chi connectivity index (χ3v) is 2.88. The lowest BCUT2D eigenvalue weighted by Crippen LogP contribution is -2.28. The van der Waals surface area contributed by atoms with E-state index in [0.717, 1.165) is 17.6 Å². The van der Waals surface area contributed by atoms with Gasteiger partial charge in [0.05, 0.1) is 6.61 Å². The number of aromatic nitrogens is 1. The lowest BCUT2D eigenvalue weighted by molar-refractivity contribution is -0.645. The van der Waals surface area contributed by atoms with E-state index in [0.29, 0.717) is 11.6 Å². The first-order chi connectivity index (χ1) is 7.74. The van der Waals surface area contributed by atoms with Gasteiger partial charge in [-0.25, -0.2) is 0 Å². The number of hydrogen-bond donors (Lipinski definition) is 0. The Morgan fingerprint density at radius 3 is 3.06 bits per heavy atom. The Balaban J connectivity index is 2.29. The smallest absolute Gasteiger partial charge is 0.316 e. The van der Waals surface area contributed by atoms with Crippen molar-refractivity contribution in [2.45, 2.75) is 24.8 Å². The van der Waals surface area contributed by atoms with E-state index in [1.165, 1.54) is 18.0 Å². The Morgan fingerprint density at radius 2 is 2.38 bits per heavy atom. The number of rotatable bonds is 6. The molecule has 0 unspecified atom stereocenters. The zero-order valence-corrected chi connectivity index (χ0v) is 10.0. The second-order valence-electron chi connectivity index (χ2n) is 3.23. The molecule has 0 bridgehead atoms. The van der Waals surface area contributed by atoms with Crippen LogP contribution in [0.3, 0.4) is 0 Å². The van der Waals surface area contributed by atoms with Crippen molar-refractivity contribution in [3.8, 4) is 0 Å². The van der Waals surface area contributed by atoms with E-state index in [2.05, 4.69) is 0 Å². The SMILES string of the molecule is CCCCOC(=O)CSc1cccc[n+]1[O-]. The molecular formula is C11H15NO3S. The average molecular weight is 241 g/mol. The fourth-order valence-electron chi connectivity index (χ4n) is 1.03. The molecule has 1 heterocycles. The van der Waals surface area contributed by atoms with E-state index in [9.17, 15) is 10.0 Å². The van der Waals surface area contributed by atoms with Gasteiger partial charge < -0.3 is 9.94 Å². The Bertz CT molecular complexity index is 344. The van der Waals surface area contributed by atoms with Gasteiger partial charge >= 0.3 is 5.97 Å². The Hall–Kier alpha value is -1.23. The van der Waals surface area contributed by atoms with Crippen molar-refractivity contribution < 1.29 is 14.3 Å². The molecule has 0 aliphatic carbocycles. The number of nitrogens with zero attached hydrogens (tertiary/aromatic N) is 1. The maximum absolute atomic E-state index is 11.2. The Kier molecular flexibility index (Phi) is 5.71. The average Bonchev–Trinajstić information content (AvgIpc) is 2.28. The van der Waals surface area contributed by atoms with Gasteiger partial charge in [-0.1, -0.05) is 13.3 Å². The van der Waals surface area contributed by atoms with Gasteiger partial charge in [0.25, 0.3) is 5.03 Å². The van der Waals surface area contributed by atoms with Crippen LogP contribution in [-0.4, -0.2) is 18.3 Å². The molecule has 0 spiro atoms. The van der Waals surface area contributed by atoms with E-state index in [1.807, 2.05) is 6.92 Å². The number of esters is 1. The first-order valence-electron chi connectivity index (χ1n) is 5.20. The molecule has 0 aromatic carbocycles. The quantitative estimate of drug-likeness (QED) is 0.250. The van der Waals surface area contributed by atoms with Crippen molar-refractivity contribution in [2.75, 3.05) is 12.4 Å². The molecule has 0 N–H and O–H groups in total. The van der Waals surface area contributed by atoms with Crippen LogP contribution >= 0.6 is 11.8 Å². The minimum Gasteiger partial charge on any atom is -0.618 e.